The fourth-order valence-electron chi connectivity index (χ4n) is 4.21. The number of nitrogens with one attached hydrogen (secondary N) is 1. The van der Waals surface area contributed by atoms with Crippen LogP contribution in [0.25, 0.3) is 5.76 Å². The molecular formula is C24H29N3O4S. The van der Waals surface area contributed by atoms with Crippen molar-refractivity contribution in [1.29, 1.82) is 0 Å². The summed E-state index contributed by atoms with van der Waals surface area (Å²) in [6, 6.07) is 11.9. The van der Waals surface area contributed by atoms with Gasteiger partial charge in [-0.3, -0.25) is 13.9 Å². The number of rotatable bonds is 3. The van der Waals surface area contributed by atoms with Crippen LogP contribution in [-0.4, -0.2) is 25.8 Å². The zero-order valence-electron chi connectivity index (χ0n) is 18.6. The maximum absolute atomic E-state index is 13.9. The van der Waals surface area contributed by atoms with Crippen LogP contribution >= 0.6 is 10.8 Å². The first-order valence-electron chi connectivity index (χ1n) is 10.5. The highest BCUT2D eigenvalue weighted by atomic mass is 32.3. The number of carbonyl (C=O) groups is 1. The fraction of sp³-hybridized carbons (Fsp3) is 0.333. The first kappa shape index (κ1) is 22.4. The van der Waals surface area contributed by atoms with Crippen LogP contribution in [0, 0.1) is 5.41 Å². The molecule has 0 saturated carbocycles. The van der Waals surface area contributed by atoms with Crippen molar-refractivity contribution < 1.29 is 19.0 Å². The summed E-state index contributed by atoms with van der Waals surface area (Å²) in [5, 5.41) is 14.1. The topological polar surface area (TPSA) is 128 Å². The molecule has 2 aromatic rings. The minimum Gasteiger partial charge on any atom is -0.506 e. The molecule has 1 heterocycles. The molecule has 1 aliphatic carbocycles. The van der Waals surface area contributed by atoms with Crippen molar-refractivity contribution in [2.45, 2.75) is 50.8 Å². The van der Waals surface area contributed by atoms with Gasteiger partial charge >= 0.3 is 0 Å². The van der Waals surface area contributed by atoms with E-state index in [0.29, 0.717) is 23.4 Å². The Morgan fingerprint density at radius 1 is 1.16 bits per heavy atom. The summed E-state index contributed by atoms with van der Waals surface area (Å²) in [6.45, 7) is 8.24. The highest BCUT2D eigenvalue weighted by Gasteiger charge is 2.46. The number of aliphatic hydroxyl groups is 1. The maximum Gasteiger partial charge on any atom is 0.180 e. The highest BCUT2D eigenvalue weighted by molar-refractivity contribution is 8.23. The van der Waals surface area contributed by atoms with Crippen LogP contribution in [0.2, 0.25) is 0 Å². The van der Waals surface area contributed by atoms with E-state index in [4.69, 9.17) is 5.73 Å². The SMILES string of the molecule is CC(C)(C)CC[C@@]1(C)C(=O)C(C2=NS(O)(O)c3cc(N)ccc3N2)=C(O)c2ccccc21. The summed E-state index contributed by atoms with van der Waals surface area (Å²) < 4.78 is 25.5. The van der Waals surface area contributed by atoms with Gasteiger partial charge in [0, 0.05) is 11.3 Å². The third-order valence-corrected chi connectivity index (χ3v) is 7.49. The largest absolute Gasteiger partial charge is 0.506 e. The number of Topliss-reactive ketones (excluding diaryl/α,β-unsaturated/α-hetero) is 1. The molecular weight excluding hydrogens is 426 g/mol. The summed E-state index contributed by atoms with van der Waals surface area (Å²) in [5.74, 6) is -0.585. The van der Waals surface area contributed by atoms with Crippen LogP contribution in [0.5, 0.6) is 0 Å². The van der Waals surface area contributed by atoms with Crippen LogP contribution in [0.15, 0.2) is 57.3 Å². The minimum absolute atomic E-state index is 0.0105. The standard InChI is InChI=1S/C24H29N3O4S/c1-23(2,3)11-12-24(4)16-8-6-5-7-15(16)20(28)19(21(24)29)22-26-17-10-9-14(25)13-18(17)32(30,31)27-22/h5-10,13,28,30-31H,11-12,25H2,1-4H3,(H,26,27)/t24-/m1/s1. The van der Waals surface area contributed by atoms with E-state index in [1.54, 1.807) is 24.3 Å². The van der Waals surface area contributed by atoms with E-state index in [0.717, 1.165) is 12.0 Å². The lowest BCUT2D eigenvalue weighted by Gasteiger charge is -2.39. The number of hydrogen-bond acceptors (Lipinski definition) is 7. The van der Waals surface area contributed by atoms with Gasteiger partial charge in [-0.1, -0.05) is 55.8 Å². The first-order chi connectivity index (χ1) is 14.8. The van der Waals surface area contributed by atoms with Crippen LogP contribution in [0.4, 0.5) is 11.4 Å². The molecule has 0 saturated heterocycles. The Hall–Kier alpha value is -2.81. The molecule has 1 atom stereocenters. The Morgan fingerprint density at radius 3 is 2.53 bits per heavy atom. The second kappa shape index (κ2) is 7.37. The predicted molar refractivity (Wildman–Crippen MR) is 130 cm³/mol. The summed E-state index contributed by atoms with van der Waals surface area (Å²) >= 11 is 0. The molecule has 2 aliphatic rings. The van der Waals surface area contributed by atoms with Crippen molar-refractivity contribution in [1.82, 2.24) is 0 Å². The molecule has 6 N–H and O–H groups in total. The van der Waals surface area contributed by atoms with Crippen LogP contribution in [0.3, 0.4) is 0 Å². The number of fused-ring (bicyclic) bond motifs is 2. The van der Waals surface area contributed by atoms with Crippen LogP contribution < -0.4 is 11.1 Å². The molecule has 8 heteroatoms. The van der Waals surface area contributed by atoms with Gasteiger partial charge in [0.1, 0.15) is 16.2 Å². The van der Waals surface area contributed by atoms with Gasteiger partial charge in [0.2, 0.25) is 0 Å². The average Bonchev–Trinajstić information content (AvgIpc) is 2.71. The van der Waals surface area contributed by atoms with Crippen molar-refractivity contribution in [3.05, 3.63) is 59.2 Å². The Balaban J connectivity index is 1.87. The second-order valence-corrected chi connectivity index (χ2v) is 11.5. The number of nitrogens with zero attached hydrogens (tertiary/aromatic N) is 1. The molecule has 170 valence electrons. The van der Waals surface area contributed by atoms with Gasteiger partial charge in [-0.25, -0.2) is 0 Å². The molecule has 0 amide bonds. The molecule has 4 rings (SSSR count). The molecule has 0 bridgehead atoms. The molecule has 0 spiro atoms. The van der Waals surface area contributed by atoms with E-state index < -0.39 is 16.2 Å². The van der Waals surface area contributed by atoms with E-state index in [-0.39, 0.29) is 33.3 Å². The van der Waals surface area contributed by atoms with Gasteiger partial charge in [0.15, 0.2) is 11.6 Å². The van der Waals surface area contributed by atoms with Gasteiger partial charge in [-0.15, -0.1) is 4.40 Å². The lowest BCUT2D eigenvalue weighted by Crippen LogP contribution is -2.42. The van der Waals surface area contributed by atoms with Crippen LogP contribution in [-0.2, 0) is 10.2 Å². The second-order valence-electron chi connectivity index (χ2n) is 9.83. The lowest BCUT2D eigenvalue weighted by molar-refractivity contribution is -0.120. The summed E-state index contributed by atoms with van der Waals surface area (Å²) in [5.41, 5.74) is 6.91. The minimum atomic E-state index is -3.61. The number of carbonyl (C=O) groups excluding carboxylic acids is 1. The highest BCUT2D eigenvalue weighted by Crippen LogP contribution is 2.56. The van der Waals surface area contributed by atoms with Crippen molar-refractivity contribution in [2.75, 3.05) is 11.1 Å². The number of hydrogen-bond donors (Lipinski definition) is 5. The third kappa shape index (κ3) is 3.68. The number of amidine groups is 1. The zero-order chi connectivity index (χ0) is 23.5. The molecule has 1 aliphatic heterocycles. The molecule has 32 heavy (non-hydrogen) atoms. The van der Waals surface area contributed by atoms with Crippen molar-refractivity contribution in [2.24, 2.45) is 9.81 Å². The number of aliphatic hydroxyl groups excluding tert-OH is 1. The van der Waals surface area contributed by atoms with E-state index in [9.17, 15) is 19.0 Å². The Morgan fingerprint density at radius 2 is 1.84 bits per heavy atom. The van der Waals surface area contributed by atoms with Gasteiger partial charge in [0.25, 0.3) is 0 Å². The molecule has 0 unspecified atom stereocenters. The molecule has 0 radical (unpaired) electrons. The Labute approximate surface area is 189 Å². The summed E-state index contributed by atoms with van der Waals surface area (Å²) in [6.07, 6.45) is 1.36. The van der Waals surface area contributed by atoms with Crippen molar-refractivity contribution in [3.8, 4) is 0 Å². The predicted octanol–water partition coefficient (Wildman–Crippen LogP) is 5.75. The average molecular weight is 456 g/mol. The van der Waals surface area contributed by atoms with Gasteiger partial charge in [-0.2, -0.15) is 0 Å². The lowest BCUT2D eigenvalue weighted by atomic mass is 9.65. The molecule has 0 fully saturated rings. The fourth-order valence-corrected chi connectivity index (χ4v) is 5.41. The number of anilines is 2. The molecule has 2 aromatic carbocycles. The van der Waals surface area contributed by atoms with Gasteiger partial charge in [0.05, 0.1) is 11.1 Å². The third-order valence-electron chi connectivity index (χ3n) is 6.13. The molecule has 7 nitrogen and oxygen atoms in total. The summed E-state index contributed by atoms with van der Waals surface area (Å²) in [4.78, 5) is 14.1. The van der Waals surface area contributed by atoms with Crippen molar-refractivity contribution >= 4 is 39.5 Å². The number of ketones is 1. The number of nitrogens with two attached hydrogens (primary N) is 1. The summed E-state index contributed by atoms with van der Waals surface area (Å²) in [7, 11) is -3.61. The van der Waals surface area contributed by atoms with Gasteiger partial charge < -0.3 is 16.2 Å². The molecule has 0 aromatic heterocycles. The zero-order valence-corrected chi connectivity index (χ0v) is 19.5. The first-order valence-corrected chi connectivity index (χ1v) is 12.0. The van der Waals surface area contributed by atoms with E-state index in [2.05, 4.69) is 30.5 Å². The number of benzene rings is 2. The normalized spacial score (nSPS) is 23.1. The van der Waals surface area contributed by atoms with Crippen molar-refractivity contribution in [3.63, 3.8) is 0 Å². The van der Waals surface area contributed by atoms with Crippen LogP contribution in [0.1, 0.15) is 51.7 Å². The van der Waals surface area contributed by atoms with E-state index in [1.165, 1.54) is 6.07 Å². The monoisotopic (exact) mass is 455 g/mol. The van der Waals surface area contributed by atoms with E-state index >= 15 is 0 Å². The van der Waals surface area contributed by atoms with Gasteiger partial charge in [-0.05, 0) is 48.9 Å². The Kier molecular flexibility index (Phi) is 5.15. The quantitative estimate of drug-likeness (QED) is 0.375. The van der Waals surface area contributed by atoms with E-state index in [1.807, 2.05) is 19.1 Å². The Bertz CT molecular complexity index is 1180. The smallest absolute Gasteiger partial charge is 0.180 e. The maximum atomic E-state index is 13.9. The number of nitrogen functional groups attached to an aromatic ring is 1.